The van der Waals surface area contributed by atoms with Gasteiger partial charge in [-0.1, -0.05) is 18.2 Å². The molecule has 140 valence electrons. The molecule has 1 amide bonds. The highest BCUT2D eigenvalue weighted by atomic mass is 32.2. The second-order valence-electron chi connectivity index (χ2n) is 7.05. The minimum atomic E-state index is -2.96. The second kappa shape index (κ2) is 6.81. The number of hydrogen-bond acceptors (Lipinski definition) is 4. The molecule has 0 aliphatic carbocycles. The topological polar surface area (TPSA) is 81.1 Å². The first-order chi connectivity index (χ1) is 12.9. The van der Waals surface area contributed by atoms with Crippen molar-refractivity contribution in [2.24, 2.45) is 5.92 Å². The van der Waals surface area contributed by atoms with Crippen LogP contribution in [0.4, 0.5) is 5.69 Å². The number of rotatable bonds is 4. The van der Waals surface area contributed by atoms with Crippen LogP contribution >= 0.6 is 0 Å². The van der Waals surface area contributed by atoms with E-state index in [2.05, 4.69) is 14.9 Å². The number of para-hydroxylation sites is 1. The van der Waals surface area contributed by atoms with Gasteiger partial charge in [0.25, 0.3) is 0 Å². The summed E-state index contributed by atoms with van der Waals surface area (Å²) in [4.78, 5) is 16.9. The van der Waals surface area contributed by atoms with Crippen LogP contribution in [0.25, 0.3) is 16.7 Å². The number of aromatic nitrogens is 2. The molecule has 4 rings (SSSR count). The lowest BCUT2D eigenvalue weighted by atomic mass is 10.1. The normalized spacial score (nSPS) is 18.6. The Morgan fingerprint density at radius 1 is 1.22 bits per heavy atom. The molecule has 7 heteroatoms. The Hall–Kier alpha value is -2.67. The van der Waals surface area contributed by atoms with Crippen molar-refractivity contribution in [2.45, 2.75) is 19.8 Å². The molecule has 1 aromatic heterocycles. The summed E-state index contributed by atoms with van der Waals surface area (Å²) in [5.41, 5.74) is 3.49. The summed E-state index contributed by atoms with van der Waals surface area (Å²) in [7, 11) is -2.96. The van der Waals surface area contributed by atoms with E-state index in [0.29, 0.717) is 12.1 Å². The number of imidazole rings is 1. The molecule has 2 heterocycles. The Labute approximate surface area is 158 Å². The number of amides is 1. The molecule has 1 saturated heterocycles. The number of hydrogen-bond donors (Lipinski definition) is 1. The van der Waals surface area contributed by atoms with Gasteiger partial charge in [-0.25, -0.2) is 13.4 Å². The summed E-state index contributed by atoms with van der Waals surface area (Å²) >= 11 is 0. The van der Waals surface area contributed by atoms with Gasteiger partial charge < -0.3 is 5.32 Å². The van der Waals surface area contributed by atoms with Crippen LogP contribution in [0.2, 0.25) is 0 Å². The number of nitrogens with one attached hydrogen (secondary N) is 1. The number of anilines is 1. The Morgan fingerprint density at radius 2 is 2.00 bits per heavy atom. The van der Waals surface area contributed by atoms with E-state index < -0.39 is 9.84 Å². The molecule has 0 bridgehead atoms. The third kappa shape index (κ3) is 3.73. The van der Waals surface area contributed by atoms with Crippen molar-refractivity contribution in [2.75, 3.05) is 16.8 Å². The van der Waals surface area contributed by atoms with Crippen LogP contribution in [0.1, 0.15) is 18.7 Å². The van der Waals surface area contributed by atoms with Crippen molar-refractivity contribution in [3.05, 3.63) is 54.4 Å². The van der Waals surface area contributed by atoms with E-state index >= 15 is 0 Å². The van der Waals surface area contributed by atoms with E-state index in [-0.39, 0.29) is 29.8 Å². The van der Waals surface area contributed by atoms with E-state index in [4.69, 9.17) is 0 Å². The summed E-state index contributed by atoms with van der Waals surface area (Å²) in [6, 6.07) is 15.6. The number of carbonyl (C=O) groups is 1. The lowest BCUT2D eigenvalue weighted by molar-refractivity contribution is -0.116. The molecule has 1 aliphatic heterocycles. The number of benzene rings is 2. The van der Waals surface area contributed by atoms with Gasteiger partial charge in [-0.3, -0.25) is 9.36 Å². The summed E-state index contributed by atoms with van der Waals surface area (Å²) in [6.07, 6.45) is 0.796. The lowest BCUT2D eigenvalue weighted by Gasteiger charge is -2.09. The maximum absolute atomic E-state index is 12.3. The molecule has 27 heavy (non-hydrogen) atoms. The summed E-state index contributed by atoms with van der Waals surface area (Å²) in [5.74, 6) is 0.928. The number of fused-ring (bicyclic) bond motifs is 1. The minimum Gasteiger partial charge on any atom is -0.326 e. The average molecular weight is 383 g/mol. The predicted molar refractivity (Wildman–Crippen MR) is 106 cm³/mol. The van der Waals surface area contributed by atoms with E-state index in [1.165, 1.54) is 0 Å². The first-order valence-electron chi connectivity index (χ1n) is 8.96. The van der Waals surface area contributed by atoms with Crippen molar-refractivity contribution in [1.29, 1.82) is 0 Å². The quantitative estimate of drug-likeness (QED) is 0.751. The fraction of sp³-hybridized carbons (Fsp3) is 0.300. The molecule has 0 spiro atoms. The van der Waals surface area contributed by atoms with Crippen LogP contribution < -0.4 is 5.32 Å². The fourth-order valence-electron chi connectivity index (χ4n) is 3.69. The van der Waals surface area contributed by atoms with Crippen LogP contribution in [0.5, 0.6) is 0 Å². The zero-order valence-electron chi connectivity index (χ0n) is 15.1. The molecule has 6 nitrogen and oxygen atoms in total. The van der Waals surface area contributed by atoms with E-state index in [1.54, 1.807) is 0 Å². The lowest BCUT2D eigenvalue weighted by Crippen LogP contribution is -2.17. The average Bonchev–Trinajstić information content (AvgIpc) is 3.13. The first-order valence-corrected chi connectivity index (χ1v) is 10.8. The monoisotopic (exact) mass is 383 g/mol. The van der Waals surface area contributed by atoms with Crippen LogP contribution in [-0.2, 0) is 14.6 Å². The van der Waals surface area contributed by atoms with Crippen molar-refractivity contribution in [1.82, 2.24) is 9.55 Å². The maximum atomic E-state index is 12.3. The van der Waals surface area contributed by atoms with Crippen molar-refractivity contribution >= 4 is 32.5 Å². The second-order valence-corrected chi connectivity index (χ2v) is 9.28. The zero-order chi connectivity index (χ0) is 19.0. The molecular formula is C20H21N3O3S. The molecule has 0 unspecified atom stereocenters. The maximum Gasteiger partial charge on any atom is 0.224 e. The minimum absolute atomic E-state index is 0.0849. The Balaban J connectivity index is 1.53. The molecule has 1 aliphatic rings. The van der Waals surface area contributed by atoms with Gasteiger partial charge in [0.15, 0.2) is 9.84 Å². The summed E-state index contributed by atoms with van der Waals surface area (Å²) < 4.78 is 25.1. The van der Waals surface area contributed by atoms with Crippen LogP contribution in [0.15, 0.2) is 48.5 Å². The highest BCUT2D eigenvalue weighted by molar-refractivity contribution is 7.91. The molecule has 3 aromatic rings. The van der Waals surface area contributed by atoms with Gasteiger partial charge in [-0.05, 0) is 49.6 Å². The van der Waals surface area contributed by atoms with Crippen LogP contribution in [-0.4, -0.2) is 35.4 Å². The highest BCUT2D eigenvalue weighted by Gasteiger charge is 2.29. The molecule has 0 saturated carbocycles. The Kier molecular flexibility index (Phi) is 4.47. The SMILES string of the molecule is Cc1nc2cc(NC(=O)C[C@@H]3CCS(=O)(=O)C3)ccc2n1-c1ccccc1. The molecule has 1 N–H and O–H groups in total. The standard InChI is InChI=1S/C20H21N3O3S/c1-14-21-18-12-16(22-20(24)11-15-9-10-27(25,26)13-15)7-8-19(18)23(14)17-5-3-2-4-6-17/h2-8,12,15H,9-11,13H2,1H3,(H,22,24)/t15-/m0/s1. The fourth-order valence-corrected chi connectivity index (χ4v) is 5.55. The summed E-state index contributed by atoms with van der Waals surface area (Å²) in [5, 5.41) is 2.87. The van der Waals surface area contributed by atoms with E-state index in [0.717, 1.165) is 22.5 Å². The predicted octanol–water partition coefficient (Wildman–Crippen LogP) is 3.10. The van der Waals surface area contributed by atoms with Gasteiger partial charge in [0, 0.05) is 17.8 Å². The molecular weight excluding hydrogens is 362 g/mol. The number of carbonyl (C=O) groups excluding carboxylic acids is 1. The third-order valence-electron chi connectivity index (χ3n) is 4.92. The van der Waals surface area contributed by atoms with Gasteiger partial charge in [-0.2, -0.15) is 0 Å². The molecule has 1 fully saturated rings. The van der Waals surface area contributed by atoms with Gasteiger partial charge in [0.1, 0.15) is 5.82 Å². The van der Waals surface area contributed by atoms with Crippen molar-refractivity contribution in [3.8, 4) is 5.69 Å². The molecule has 1 atom stereocenters. The van der Waals surface area contributed by atoms with Gasteiger partial charge in [-0.15, -0.1) is 0 Å². The number of nitrogens with zero attached hydrogens (tertiary/aromatic N) is 2. The van der Waals surface area contributed by atoms with Crippen molar-refractivity contribution < 1.29 is 13.2 Å². The third-order valence-corrected chi connectivity index (χ3v) is 6.76. The van der Waals surface area contributed by atoms with Gasteiger partial charge in [0.2, 0.25) is 5.91 Å². The van der Waals surface area contributed by atoms with E-state index in [1.807, 2.05) is 55.5 Å². The van der Waals surface area contributed by atoms with Gasteiger partial charge >= 0.3 is 0 Å². The highest BCUT2D eigenvalue weighted by Crippen LogP contribution is 2.25. The number of sulfone groups is 1. The Bertz CT molecular complexity index is 1100. The largest absolute Gasteiger partial charge is 0.326 e. The zero-order valence-corrected chi connectivity index (χ0v) is 15.9. The van der Waals surface area contributed by atoms with Crippen LogP contribution in [0.3, 0.4) is 0 Å². The summed E-state index contributed by atoms with van der Waals surface area (Å²) in [6.45, 7) is 1.95. The molecule has 0 radical (unpaired) electrons. The number of aryl methyl sites for hydroxylation is 1. The Morgan fingerprint density at radius 3 is 2.70 bits per heavy atom. The van der Waals surface area contributed by atoms with Crippen LogP contribution in [0, 0.1) is 12.8 Å². The first kappa shape index (κ1) is 17.7. The smallest absolute Gasteiger partial charge is 0.224 e. The van der Waals surface area contributed by atoms with Crippen molar-refractivity contribution in [3.63, 3.8) is 0 Å². The van der Waals surface area contributed by atoms with E-state index in [9.17, 15) is 13.2 Å². The van der Waals surface area contributed by atoms with Gasteiger partial charge in [0.05, 0.1) is 22.5 Å². The molecule has 2 aromatic carbocycles.